The van der Waals surface area contributed by atoms with Gasteiger partial charge in [0.2, 0.25) is 0 Å². The molecule has 74 valence electrons. The van der Waals surface area contributed by atoms with E-state index in [0.717, 1.165) is 12.0 Å². The number of nitrogens with two attached hydrogens (primary N) is 1. The van der Waals surface area contributed by atoms with E-state index in [2.05, 4.69) is 38.1 Å². The van der Waals surface area contributed by atoms with Gasteiger partial charge in [-0.2, -0.15) is 5.26 Å². The summed E-state index contributed by atoms with van der Waals surface area (Å²) >= 11 is 0. The summed E-state index contributed by atoms with van der Waals surface area (Å²) in [5.41, 5.74) is 9.61. The second-order valence-electron chi connectivity index (χ2n) is 3.66. The molecule has 1 aromatic carbocycles. The molecule has 0 bridgehead atoms. The van der Waals surface area contributed by atoms with Crippen molar-refractivity contribution < 1.29 is 0 Å². The second kappa shape index (κ2) is 4.78. The van der Waals surface area contributed by atoms with Crippen molar-refractivity contribution in [3.8, 4) is 6.07 Å². The van der Waals surface area contributed by atoms with Crippen LogP contribution in [0.4, 0.5) is 0 Å². The van der Waals surface area contributed by atoms with Crippen LogP contribution in [0.1, 0.15) is 35.6 Å². The molecule has 0 spiro atoms. The molecule has 1 unspecified atom stereocenters. The highest BCUT2D eigenvalue weighted by Gasteiger charge is 2.07. The van der Waals surface area contributed by atoms with Crippen molar-refractivity contribution >= 4 is 0 Å². The highest BCUT2D eigenvalue weighted by Crippen LogP contribution is 2.20. The SMILES string of the molecule is Cc1ccc(C(N)CCC#N)c(C)c1. The minimum Gasteiger partial charge on any atom is -0.324 e. The van der Waals surface area contributed by atoms with E-state index in [1.807, 2.05) is 0 Å². The number of rotatable bonds is 3. The Labute approximate surface area is 85.4 Å². The normalized spacial score (nSPS) is 12.1. The first-order chi connectivity index (χ1) is 6.65. The van der Waals surface area contributed by atoms with Gasteiger partial charge in [0.15, 0.2) is 0 Å². The molecule has 0 amide bonds. The molecule has 0 aliphatic rings. The molecular weight excluding hydrogens is 172 g/mol. The molecular formula is C12H16N2. The zero-order chi connectivity index (χ0) is 10.6. The minimum absolute atomic E-state index is 0.00440. The van der Waals surface area contributed by atoms with Crippen LogP contribution in [-0.4, -0.2) is 0 Å². The fourth-order valence-corrected chi connectivity index (χ4v) is 1.62. The van der Waals surface area contributed by atoms with Gasteiger partial charge >= 0.3 is 0 Å². The fraction of sp³-hybridized carbons (Fsp3) is 0.417. The molecule has 14 heavy (non-hydrogen) atoms. The summed E-state index contributed by atoms with van der Waals surface area (Å²) in [5, 5.41) is 8.47. The van der Waals surface area contributed by atoms with Crippen LogP contribution in [0.3, 0.4) is 0 Å². The molecule has 2 N–H and O–H groups in total. The Morgan fingerprint density at radius 3 is 2.71 bits per heavy atom. The maximum atomic E-state index is 8.47. The van der Waals surface area contributed by atoms with E-state index in [1.54, 1.807) is 0 Å². The average Bonchev–Trinajstić information content (AvgIpc) is 2.14. The summed E-state index contributed by atoms with van der Waals surface area (Å²) in [6, 6.07) is 8.37. The van der Waals surface area contributed by atoms with Gasteiger partial charge in [0.05, 0.1) is 6.07 Å². The molecule has 0 aliphatic carbocycles. The average molecular weight is 188 g/mol. The molecule has 0 saturated heterocycles. The highest BCUT2D eigenvalue weighted by atomic mass is 14.6. The molecule has 2 nitrogen and oxygen atoms in total. The predicted octanol–water partition coefficient (Wildman–Crippen LogP) is 2.61. The van der Waals surface area contributed by atoms with Crippen LogP contribution in [0.5, 0.6) is 0 Å². The van der Waals surface area contributed by atoms with Gasteiger partial charge in [-0.25, -0.2) is 0 Å². The first-order valence-electron chi connectivity index (χ1n) is 4.85. The molecule has 0 radical (unpaired) electrons. The predicted molar refractivity (Wildman–Crippen MR) is 57.7 cm³/mol. The summed E-state index contributed by atoms with van der Waals surface area (Å²) < 4.78 is 0. The van der Waals surface area contributed by atoms with Gasteiger partial charge in [0, 0.05) is 12.5 Å². The molecule has 0 saturated carbocycles. The van der Waals surface area contributed by atoms with Crippen LogP contribution in [0.2, 0.25) is 0 Å². The van der Waals surface area contributed by atoms with Crippen LogP contribution in [0.15, 0.2) is 18.2 Å². The lowest BCUT2D eigenvalue weighted by Gasteiger charge is -2.13. The smallest absolute Gasteiger partial charge is 0.0622 e. The van der Waals surface area contributed by atoms with Gasteiger partial charge in [-0.3, -0.25) is 0 Å². The number of benzene rings is 1. The van der Waals surface area contributed by atoms with Crippen LogP contribution in [0.25, 0.3) is 0 Å². The van der Waals surface area contributed by atoms with Gasteiger partial charge < -0.3 is 5.73 Å². The van der Waals surface area contributed by atoms with E-state index in [0.29, 0.717) is 6.42 Å². The minimum atomic E-state index is -0.00440. The number of hydrogen-bond donors (Lipinski definition) is 1. The standard InChI is InChI=1S/C12H16N2/c1-9-5-6-11(10(2)8-9)12(14)4-3-7-13/h5-6,8,12H,3-4,14H2,1-2H3. The fourth-order valence-electron chi connectivity index (χ4n) is 1.62. The lowest BCUT2D eigenvalue weighted by atomic mass is 9.97. The van der Waals surface area contributed by atoms with Crippen LogP contribution < -0.4 is 5.73 Å². The van der Waals surface area contributed by atoms with Crippen molar-refractivity contribution in [1.82, 2.24) is 0 Å². The van der Waals surface area contributed by atoms with Crippen molar-refractivity contribution in [2.45, 2.75) is 32.7 Å². The highest BCUT2D eigenvalue weighted by molar-refractivity contribution is 5.32. The van der Waals surface area contributed by atoms with Gasteiger partial charge in [-0.15, -0.1) is 0 Å². The topological polar surface area (TPSA) is 49.8 Å². The second-order valence-corrected chi connectivity index (χ2v) is 3.66. The first kappa shape index (κ1) is 10.7. The Bertz CT molecular complexity index is 350. The Morgan fingerprint density at radius 1 is 1.43 bits per heavy atom. The lowest BCUT2D eigenvalue weighted by Crippen LogP contribution is -2.11. The first-order valence-corrected chi connectivity index (χ1v) is 4.85. The zero-order valence-electron chi connectivity index (χ0n) is 8.75. The molecule has 0 heterocycles. The van der Waals surface area contributed by atoms with Crippen molar-refractivity contribution in [2.24, 2.45) is 5.73 Å². The van der Waals surface area contributed by atoms with Gasteiger partial charge in [-0.05, 0) is 31.4 Å². The van der Waals surface area contributed by atoms with Gasteiger partial charge in [-0.1, -0.05) is 23.8 Å². The van der Waals surface area contributed by atoms with E-state index in [1.165, 1.54) is 11.1 Å². The zero-order valence-corrected chi connectivity index (χ0v) is 8.75. The molecule has 2 heteroatoms. The van der Waals surface area contributed by atoms with Crippen LogP contribution >= 0.6 is 0 Å². The van der Waals surface area contributed by atoms with Crippen molar-refractivity contribution in [2.75, 3.05) is 0 Å². The molecule has 0 aliphatic heterocycles. The van der Waals surface area contributed by atoms with Gasteiger partial charge in [0.25, 0.3) is 0 Å². The number of aryl methyl sites for hydroxylation is 2. The molecule has 0 fully saturated rings. The Balaban J connectivity index is 2.80. The molecule has 1 atom stereocenters. The number of nitriles is 1. The Morgan fingerprint density at radius 2 is 2.14 bits per heavy atom. The maximum Gasteiger partial charge on any atom is 0.0622 e. The number of nitrogens with zero attached hydrogens (tertiary/aromatic N) is 1. The molecule has 1 rings (SSSR count). The van der Waals surface area contributed by atoms with E-state index < -0.39 is 0 Å². The van der Waals surface area contributed by atoms with Crippen molar-refractivity contribution in [3.63, 3.8) is 0 Å². The summed E-state index contributed by atoms with van der Waals surface area (Å²) in [5.74, 6) is 0. The third-order valence-corrected chi connectivity index (χ3v) is 2.39. The van der Waals surface area contributed by atoms with Crippen molar-refractivity contribution in [3.05, 3.63) is 34.9 Å². The largest absolute Gasteiger partial charge is 0.324 e. The monoisotopic (exact) mass is 188 g/mol. The van der Waals surface area contributed by atoms with Crippen LogP contribution in [-0.2, 0) is 0 Å². The third kappa shape index (κ3) is 2.58. The molecule has 0 aromatic heterocycles. The summed E-state index contributed by atoms with van der Waals surface area (Å²) in [6.45, 7) is 4.13. The van der Waals surface area contributed by atoms with E-state index in [4.69, 9.17) is 11.0 Å². The van der Waals surface area contributed by atoms with E-state index in [-0.39, 0.29) is 6.04 Å². The molecule has 1 aromatic rings. The summed E-state index contributed by atoms with van der Waals surface area (Å²) in [6.07, 6.45) is 1.26. The summed E-state index contributed by atoms with van der Waals surface area (Å²) in [7, 11) is 0. The summed E-state index contributed by atoms with van der Waals surface area (Å²) in [4.78, 5) is 0. The third-order valence-electron chi connectivity index (χ3n) is 2.39. The van der Waals surface area contributed by atoms with Gasteiger partial charge in [0.1, 0.15) is 0 Å². The lowest BCUT2D eigenvalue weighted by molar-refractivity contribution is 0.661. The van der Waals surface area contributed by atoms with E-state index in [9.17, 15) is 0 Å². The Hall–Kier alpha value is -1.33. The maximum absolute atomic E-state index is 8.47. The quantitative estimate of drug-likeness (QED) is 0.792. The Kier molecular flexibility index (Phi) is 3.67. The van der Waals surface area contributed by atoms with E-state index >= 15 is 0 Å². The van der Waals surface area contributed by atoms with Crippen molar-refractivity contribution in [1.29, 1.82) is 5.26 Å². The number of hydrogen-bond acceptors (Lipinski definition) is 2. The van der Waals surface area contributed by atoms with Crippen LogP contribution in [0, 0.1) is 25.2 Å².